The monoisotopic (exact) mass is 433 g/mol. The molecule has 2 aromatic heterocycles. The van der Waals surface area contributed by atoms with Crippen molar-refractivity contribution < 1.29 is 9.47 Å². The number of aromatic nitrogens is 3. The van der Waals surface area contributed by atoms with Crippen molar-refractivity contribution in [2.24, 2.45) is 4.99 Å². The van der Waals surface area contributed by atoms with Crippen LogP contribution in [0.15, 0.2) is 59.7 Å². The lowest BCUT2D eigenvalue weighted by atomic mass is 10.1. The van der Waals surface area contributed by atoms with Crippen LogP contribution in [0.4, 0.5) is 5.82 Å². The maximum Gasteiger partial charge on any atom is 0.318 e. The number of anilines is 1. The molecule has 1 aliphatic heterocycles. The topological polar surface area (TPSA) is 72.7 Å². The molecule has 7 nitrogen and oxygen atoms in total. The van der Waals surface area contributed by atoms with Crippen molar-refractivity contribution in [3.8, 4) is 6.01 Å². The highest BCUT2D eigenvalue weighted by Gasteiger charge is 2.15. The van der Waals surface area contributed by atoms with E-state index in [2.05, 4.69) is 43.9 Å². The second-order valence-corrected chi connectivity index (χ2v) is 7.40. The number of pyridine rings is 1. The van der Waals surface area contributed by atoms with Gasteiger partial charge in [-0.05, 0) is 24.6 Å². The summed E-state index contributed by atoms with van der Waals surface area (Å²) in [6.45, 7) is 6.00. The number of rotatable bonds is 8. The van der Waals surface area contributed by atoms with Crippen LogP contribution in [-0.4, -0.2) is 54.1 Å². The lowest BCUT2D eigenvalue weighted by Crippen LogP contribution is -2.37. The molecular formula is C25H31N5O2. The molecule has 0 saturated carbocycles. The van der Waals surface area contributed by atoms with Crippen LogP contribution in [0.25, 0.3) is 0 Å². The summed E-state index contributed by atoms with van der Waals surface area (Å²) < 4.78 is 11.4. The number of nitrogens with zero attached hydrogens (tertiary/aromatic N) is 5. The summed E-state index contributed by atoms with van der Waals surface area (Å²) in [7, 11) is 0. The van der Waals surface area contributed by atoms with E-state index >= 15 is 0 Å². The zero-order valence-corrected chi connectivity index (χ0v) is 17.8. The van der Waals surface area contributed by atoms with Gasteiger partial charge in [-0.25, -0.2) is 0 Å². The maximum atomic E-state index is 5.89. The first kappa shape index (κ1) is 23.3. The Bertz CT molecular complexity index is 1000. The van der Waals surface area contributed by atoms with E-state index in [1.54, 1.807) is 6.20 Å². The number of morpholine rings is 1. The van der Waals surface area contributed by atoms with E-state index in [1.165, 1.54) is 5.56 Å². The van der Waals surface area contributed by atoms with E-state index in [9.17, 15) is 0 Å². The average Bonchev–Trinajstić information content (AvgIpc) is 2.80. The van der Waals surface area contributed by atoms with Gasteiger partial charge >= 0.3 is 6.01 Å². The summed E-state index contributed by atoms with van der Waals surface area (Å²) >= 11 is 0. The van der Waals surface area contributed by atoms with Gasteiger partial charge in [0.25, 0.3) is 0 Å². The third-order valence-electron chi connectivity index (χ3n) is 4.93. The molecule has 0 atom stereocenters. The van der Waals surface area contributed by atoms with Crippen LogP contribution in [0.5, 0.6) is 6.01 Å². The minimum absolute atomic E-state index is 0. The third kappa shape index (κ3) is 6.85. The van der Waals surface area contributed by atoms with Gasteiger partial charge < -0.3 is 14.4 Å². The number of benzene rings is 1. The molecule has 0 N–H and O–H groups in total. The molecule has 0 radical (unpaired) electrons. The fourth-order valence-electron chi connectivity index (χ4n) is 3.35. The van der Waals surface area contributed by atoms with Gasteiger partial charge in [-0.2, -0.15) is 9.97 Å². The Hall–Kier alpha value is -3.32. The second kappa shape index (κ2) is 11.9. The zero-order valence-electron chi connectivity index (χ0n) is 17.8. The van der Waals surface area contributed by atoms with Gasteiger partial charge in [0, 0.05) is 43.7 Å². The lowest BCUT2D eigenvalue weighted by molar-refractivity contribution is 0.122. The minimum atomic E-state index is 0. The number of aliphatic imine (C=N–C) groups is 1. The summed E-state index contributed by atoms with van der Waals surface area (Å²) in [5.74, 6) is 0.854. The Labute approximate surface area is 190 Å². The predicted octanol–water partition coefficient (Wildman–Crippen LogP) is 3.89. The Morgan fingerprint density at radius 3 is 2.72 bits per heavy atom. The number of hydrogen-bond acceptors (Lipinski definition) is 7. The van der Waals surface area contributed by atoms with Crippen LogP contribution < -0.4 is 9.64 Å². The molecule has 3 aromatic rings. The highest BCUT2D eigenvalue weighted by atomic mass is 16.5. The molecule has 0 spiro atoms. The van der Waals surface area contributed by atoms with Crippen molar-refractivity contribution in [3.63, 3.8) is 0 Å². The van der Waals surface area contributed by atoms with E-state index in [-0.39, 0.29) is 7.43 Å². The Balaban J connectivity index is 0.00000289. The molecule has 0 amide bonds. The molecule has 1 saturated heterocycles. The van der Waals surface area contributed by atoms with Crippen LogP contribution in [0.1, 0.15) is 29.9 Å². The van der Waals surface area contributed by atoms with Crippen LogP contribution >= 0.6 is 0 Å². The van der Waals surface area contributed by atoms with Gasteiger partial charge in [-0.1, -0.05) is 43.3 Å². The van der Waals surface area contributed by atoms with Crippen molar-refractivity contribution in [1.82, 2.24) is 15.0 Å². The Kier molecular flexibility index (Phi) is 8.69. The van der Waals surface area contributed by atoms with Crippen LogP contribution in [-0.2, 0) is 17.7 Å². The quantitative estimate of drug-likeness (QED) is 0.502. The number of aryl methyl sites for hydroxylation is 1. The van der Waals surface area contributed by atoms with Crippen molar-refractivity contribution in [2.75, 3.05) is 37.8 Å². The average molecular weight is 434 g/mol. The Morgan fingerprint density at radius 2 is 1.94 bits per heavy atom. The van der Waals surface area contributed by atoms with Gasteiger partial charge in [-0.3, -0.25) is 9.98 Å². The van der Waals surface area contributed by atoms with E-state index in [0.717, 1.165) is 35.9 Å². The first-order chi connectivity index (χ1) is 15.3. The highest BCUT2D eigenvalue weighted by molar-refractivity contribution is 5.79. The minimum Gasteiger partial charge on any atom is -0.463 e. The highest BCUT2D eigenvalue weighted by Crippen LogP contribution is 2.18. The van der Waals surface area contributed by atoms with E-state index < -0.39 is 0 Å². The smallest absolute Gasteiger partial charge is 0.318 e. The normalized spacial score (nSPS) is 13.7. The van der Waals surface area contributed by atoms with Crippen molar-refractivity contribution in [3.05, 3.63) is 77.2 Å². The fourth-order valence-corrected chi connectivity index (χ4v) is 3.35. The largest absolute Gasteiger partial charge is 0.463 e. The summed E-state index contributed by atoms with van der Waals surface area (Å²) in [6.07, 6.45) is 4.37. The zero-order chi connectivity index (χ0) is 21.3. The molecule has 1 aliphatic rings. The van der Waals surface area contributed by atoms with E-state index in [4.69, 9.17) is 9.47 Å². The lowest BCUT2D eigenvalue weighted by Gasteiger charge is -2.28. The van der Waals surface area contributed by atoms with Crippen molar-refractivity contribution in [1.29, 1.82) is 0 Å². The molecule has 7 heteroatoms. The van der Waals surface area contributed by atoms with E-state index in [0.29, 0.717) is 38.8 Å². The fraction of sp³-hybridized carbons (Fsp3) is 0.360. The molecule has 3 heterocycles. The molecule has 0 aliphatic carbocycles. The summed E-state index contributed by atoms with van der Waals surface area (Å²) in [6, 6.07) is 16.5. The SMILES string of the molecule is C.Cc1cccc(C=NCc2cc(N3CCOCC3)nc(OCCc3ccccn3)n2)c1. The van der Waals surface area contributed by atoms with Crippen LogP contribution in [0, 0.1) is 6.92 Å². The number of hydrogen-bond donors (Lipinski definition) is 0. The van der Waals surface area contributed by atoms with Gasteiger partial charge in [-0.15, -0.1) is 0 Å². The standard InChI is InChI=1S/C24H27N5O2.CH4/c1-19-5-4-6-20(15-19)17-25-18-22-16-23(29-10-13-30-14-11-29)28-24(27-22)31-12-8-21-7-2-3-9-26-21;/h2-7,9,15-17H,8,10-14,18H2,1H3;1H4. The van der Waals surface area contributed by atoms with Gasteiger partial charge in [0.1, 0.15) is 5.82 Å². The first-order valence-electron chi connectivity index (χ1n) is 10.6. The van der Waals surface area contributed by atoms with Crippen molar-refractivity contribution in [2.45, 2.75) is 27.3 Å². The molecule has 0 bridgehead atoms. The molecule has 1 aromatic carbocycles. The molecule has 0 unspecified atom stereocenters. The summed E-state index contributed by atoms with van der Waals surface area (Å²) in [5.41, 5.74) is 4.10. The van der Waals surface area contributed by atoms with Gasteiger partial charge in [0.05, 0.1) is 32.1 Å². The molecule has 168 valence electrons. The molecule has 4 rings (SSSR count). The molecule has 1 fully saturated rings. The molecule has 32 heavy (non-hydrogen) atoms. The van der Waals surface area contributed by atoms with Crippen LogP contribution in [0.3, 0.4) is 0 Å². The van der Waals surface area contributed by atoms with Gasteiger partial charge in [0.2, 0.25) is 0 Å². The summed E-state index contributed by atoms with van der Waals surface area (Å²) in [5, 5.41) is 0. The second-order valence-electron chi connectivity index (χ2n) is 7.40. The third-order valence-corrected chi connectivity index (χ3v) is 4.93. The summed E-state index contributed by atoms with van der Waals surface area (Å²) in [4.78, 5) is 20.3. The van der Waals surface area contributed by atoms with Gasteiger partial charge in [0.15, 0.2) is 0 Å². The van der Waals surface area contributed by atoms with Crippen molar-refractivity contribution >= 4 is 12.0 Å². The Morgan fingerprint density at radius 1 is 1.06 bits per heavy atom. The first-order valence-corrected chi connectivity index (χ1v) is 10.6. The predicted molar refractivity (Wildman–Crippen MR) is 128 cm³/mol. The molecular weight excluding hydrogens is 402 g/mol. The maximum absolute atomic E-state index is 5.89. The number of ether oxygens (including phenoxy) is 2. The van der Waals surface area contributed by atoms with E-state index in [1.807, 2.05) is 42.6 Å². The van der Waals surface area contributed by atoms with Crippen LogP contribution in [0.2, 0.25) is 0 Å².